The SMILES string of the molecule is COc1ccc(CN[C@@H](C(=O)N[C@H](C(=O)NCc2ccc(OC)cc2O)C(C)C)[C@@H](O)[C@H](Cc2ccccc2)NC(=O)[C@@H](NC(=O)OCc2cc(C)cc(C)c2)C(C)(C)C)cc1. The van der Waals surface area contributed by atoms with Gasteiger partial charge in [0.1, 0.15) is 42.0 Å². The molecule has 0 spiro atoms. The van der Waals surface area contributed by atoms with E-state index in [0.717, 1.165) is 27.8 Å². The number of phenolic OH excluding ortho intramolecular Hbond substituents is 1. The Hall–Kier alpha value is -6.12. The maximum absolute atomic E-state index is 14.5. The Morgan fingerprint density at radius 1 is 0.677 bits per heavy atom. The first-order valence-corrected chi connectivity index (χ1v) is 20.7. The van der Waals surface area contributed by atoms with E-state index < -0.39 is 65.4 Å². The van der Waals surface area contributed by atoms with Gasteiger partial charge >= 0.3 is 6.09 Å². The van der Waals surface area contributed by atoms with Crippen LogP contribution in [0, 0.1) is 25.2 Å². The zero-order valence-corrected chi connectivity index (χ0v) is 37.2. The van der Waals surface area contributed by atoms with Gasteiger partial charge in [0.25, 0.3) is 0 Å². The van der Waals surface area contributed by atoms with Gasteiger partial charge in [-0.25, -0.2) is 4.79 Å². The summed E-state index contributed by atoms with van der Waals surface area (Å²) in [5.74, 6) is -1.17. The molecule has 4 rings (SSSR count). The van der Waals surface area contributed by atoms with Crippen LogP contribution in [-0.4, -0.2) is 78.5 Å². The lowest BCUT2D eigenvalue weighted by molar-refractivity contribution is -0.134. The fraction of sp³-hybridized carbons (Fsp3) is 0.417. The highest BCUT2D eigenvalue weighted by Gasteiger charge is 2.39. The number of carbonyl (C=O) groups is 4. The fourth-order valence-electron chi connectivity index (χ4n) is 6.99. The Labute approximate surface area is 365 Å². The number of alkyl carbamates (subject to hydrolysis) is 1. The number of aliphatic hydroxyl groups is 1. The molecule has 5 atom stereocenters. The molecule has 0 aliphatic rings. The van der Waals surface area contributed by atoms with Gasteiger partial charge in [-0.1, -0.05) is 106 Å². The number of carbonyl (C=O) groups excluding carboxylic acids is 4. The van der Waals surface area contributed by atoms with Crippen LogP contribution in [0.1, 0.15) is 68.0 Å². The van der Waals surface area contributed by atoms with Gasteiger partial charge in [-0.3, -0.25) is 19.7 Å². The highest BCUT2D eigenvalue weighted by atomic mass is 16.5. The summed E-state index contributed by atoms with van der Waals surface area (Å²) in [5.41, 5.74) is 4.03. The van der Waals surface area contributed by atoms with E-state index in [0.29, 0.717) is 17.1 Å². The van der Waals surface area contributed by atoms with Gasteiger partial charge in [0, 0.05) is 24.7 Å². The molecule has 0 radical (unpaired) electrons. The molecule has 0 aliphatic heterocycles. The Balaban J connectivity index is 1.61. The first-order valence-electron chi connectivity index (χ1n) is 20.7. The molecule has 0 aromatic heterocycles. The van der Waals surface area contributed by atoms with Crippen molar-refractivity contribution in [3.63, 3.8) is 0 Å². The van der Waals surface area contributed by atoms with Gasteiger partial charge in [0.05, 0.1) is 26.4 Å². The fourth-order valence-corrected chi connectivity index (χ4v) is 6.99. The molecule has 0 unspecified atom stereocenters. The summed E-state index contributed by atoms with van der Waals surface area (Å²) in [6, 6.07) is 22.3. The second-order valence-electron chi connectivity index (χ2n) is 17.0. The Kier molecular flexibility index (Phi) is 17.7. The summed E-state index contributed by atoms with van der Waals surface area (Å²) in [4.78, 5) is 55.7. The lowest BCUT2D eigenvalue weighted by Gasteiger charge is -2.35. The molecule has 0 aliphatic carbocycles. The van der Waals surface area contributed by atoms with Crippen molar-refractivity contribution in [1.29, 1.82) is 0 Å². The molecule has 4 aromatic carbocycles. The molecule has 4 aromatic rings. The summed E-state index contributed by atoms with van der Waals surface area (Å²) in [7, 11) is 3.04. The third-order valence-electron chi connectivity index (χ3n) is 10.4. The van der Waals surface area contributed by atoms with E-state index in [1.54, 1.807) is 66.0 Å². The van der Waals surface area contributed by atoms with Crippen LogP contribution in [0.3, 0.4) is 0 Å². The van der Waals surface area contributed by atoms with Crippen LogP contribution in [0.2, 0.25) is 0 Å². The summed E-state index contributed by atoms with van der Waals surface area (Å²) in [5, 5.41) is 37.3. The largest absolute Gasteiger partial charge is 0.507 e. The van der Waals surface area contributed by atoms with Gasteiger partial charge in [-0.15, -0.1) is 0 Å². The number of phenols is 1. The van der Waals surface area contributed by atoms with Crippen molar-refractivity contribution in [1.82, 2.24) is 26.6 Å². The predicted molar refractivity (Wildman–Crippen MR) is 237 cm³/mol. The number of hydrogen-bond donors (Lipinski definition) is 7. The maximum Gasteiger partial charge on any atom is 0.408 e. The summed E-state index contributed by atoms with van der Waals surface area (Å²) < 4.78 is 16.0. The monoisotopic (exact) mass is 853 g/mol. The van der Waals surface area contributed by atoms with Crippen LogP contribution in [0.5, 0.6) is 17.2 Å². The summed E-state index contributed by atoms with van der Waals surface area (Å²) in [6.45, 7) is 12.9. The van der Waals surface area contributed by atoms with E-state index in [-0.39, 0.29) is 31.9 Å². The number of nitrogens with one attached hydrogen (secondary N) is 5. The third-order valence-corrected chi connectivity index (χ3v) is 10.4. The number of methoxy groups -OCH3 is 2. The normalized spacial score (nSPS) is 13.8. The quantitative estimate of drug-likeness (QED) is 0.0608. The molecule has 0 bridgehead atoms. The van der Waals surface area contributed by atoms with Gasteiger partial charge in [-0.2, -0.15) is 0 Å². The van der Waals surface area contributed by atoms with Crippen LogP contribution in [0.15, 0.2) is 91.0 Å². The van der Waals surface area contributed by atoms with E-state index >= 15 is 0 Å². The van der Waals surface area contributed by atoms with E-state index in [1.807, 2.05) is 74.5 Å². The minimum atomic E-state index is -1.57. The van der Waals surface area contributed by atoms with E-state index in [9.17, 15) is 29.4 Å². The van der Waals surface area contributed by atoms with Crippen LogP contribution >= 0.6 is 0 Å². The number of amides is 4. The smallest absolute Gasteiger partial charge is 0.408 e. The zero-order valence-electron chi connectivity index (χ0n) is 37.2. The number of benzene rings is 4. The molecule has 0 heterocycles. The van der Waals surface area contributed by atoms with Crippen LogP contribution in [-0.2, 0) is 45.2 Å². The molecular weight excluding hydrogens is 791 g/mol. The van der Waals surface area contributed by atoms with Crippen LogP contribution in [0.25, 0.3) is 0 Å². The summed E-state index contributed by atoms with van der Waals surface area (Å²) in [6.07, 6.45) is -2.26. The predicted octanol–water partition coefficient (Wildman–Crippen LogP) is 5.37. The van der Waals surface area contributed by atoms with E-state index in [2.05, 4.69) is 26.6 Å². The van der Waals surface area contributed by atoms with Gasteiger partial charge in [0.15, 0.2) is 0 Å². The number of aromatic hydroxyl groups is 1. The van der Waals surface area contributed by atoms with Crippen molar-refractivity contribution >= 4 is 23.8 Å². The third kappa shape index (κ3) is 14.5. The van der Waals surface area contributed by atoms with Crippen molar-refractivity contribution in [2.75, 3.05) is 14.2 Å². The van der Waals surface area contributed by atoms with Gasteiger partial charge < -0.3 is 45.7 Å². The Morgan fingerprint density at radius 3 is 1.89 bits per heavy atom. The van der Waals surface area contributed by atoms with Crippen LogP contribution in [0.4, 0.5) is 4.79 Å². The lowest BCUT2D eigenvalue weighted by atomic mass is 9.85. The van der Waals surface area contributed by atoms with Crippen molar-refractivity contribution in [2.45, 2.75) is 105 Å². The second kappa shape index (κ2) is 22.6. The topological polar surface area (TPSA) is 197 Å². The number of hydrogen-bond acceptors (Lipinski definition) is 10. The van der Waals surface area contributed by atoms with E-state index in [4.69, 9.17) is 14.2 Å². The molecule has 14 heteroatoms. The van der Waals surface area contributed by atoms with Crippen molar-refractivity contribution < 1.29 is 43.6 Å². The minimum Gasteiger partial charge on any atom is -0.507 e. The average Bonchev–Trinajstić information content (AvgIpc) is 3.22. The molecular formula is C48H63N5O9. The molecule has 334 valence electrons. The molecule has 0 saturated carbocycles. The van der Waals surface area contributed by atoms with Gasteiger partial charge in [0.2, 0.25) is 17.7 Å². The first kappa shape index (κ1) is 48.5. The lowest BCUT2D eigenvalue weighted by Crippen LogP contribution is -2.63. The molecule has 62 heavy (non-hydrogen) atoms. The average molecular weight is 854 g/mol. The Morgan fingerprint density at radius 2 is 1.31 bits per heavy atom. The first-order chi connectivity index (χ1) is 29.4. The second-order valence-corrected chi connectivity index (χ2v) is 17.0. The molecule has 0 fully saturated rings. The van der Waals surface area contributed by atoms with E-state index in [1.165, 1.54) is 13.2 Å². The van der Waals surface area contributed by atoms with Crippen molar-refractivity contribution in [2.24, 2.45) is 11.3 Å². The molecule has 14 nitrogen and oxygen atoms in total. The number of ether oxygens (including phenoxy) is 3. The highest BCUT2D eigenvalue weighted by molar-refractivity contribution is 5.91. The molecule has 4 amide bonds. The Bertz CT molecular complexity index is 2080. The molecule has 0 saturated heterocycles. The highest BCUT2D eigenvalue weighted by Crippen LogP contribution is 2.24. The van der Waals surface area contributed by atoms with Gasteiger partial charge in [-0.05, 0) is 72.6 Å². The van der Waals surface area contributed by atoms with Crippen molar-refractivity contribution in [3.05, 3.63) is 124 Å². The maximum atomic E-state index is 14.5. The summed E-state index contributed by atoms with van der Waals surface area (Å²) >= 11 is 0. The number of aliphatic hydroxyl groups excluding tert-OH is 1. The number of rotatable bonds is 20. The van der Waals surface area contributed by atoms with Crippen molar-refractivity contribution in [3.8, 4) is 17.2 Å². The molecule has 7 N–H and O–H groups in total. The zero-order chi connectivity index (χ0) is 45.6. The standard InChI is InChI=1S/C48H63N5O9/c1-29(2)40(44(56)50-27-35-17-20-37(61-9)25-39(35)54)52-45(57)41(49-26-33-15-18-36(60-8)19-16-33)42(55)38(24-32-13-11-10-12-14-32)51-46(58)43(48(5,6)7)53-47(59)62-28-34-22-30(3)21-31(4)23-34/h10-23,25,29,38,40-43,49,54-55H,24,26-28H2,1-9H3,(H,50,56)(H,51,58)(H,52,57)(H,53,59)/t38-,40-,41+,42-,43+/m0/s1. The minimum absolute atomic E-state index is 0.00180. The van der Waals surface area contributed by atoms with Crippen LogP contribution < -0.4 is 36.1 Å². The number of aryl methyl sites for hydroxylation is 2.